The molecule has 0 aromatic heterocycles. The molecular weight excluding hydrogens is 500 g/mol. The van der Waals surface area contributed by atoms with E-state index >= 15 is 0 Å². The number of carbonyl (C=O) groups is 1. The molecule has 34 heavy (non-hydrogen) atoms. The highest BCUT2D eigenvalue weighted by Crippen LogP contribution is 2.30. The van der Waals surface area contributed by atoms with E-state index in [4.69, 9.17) is 15.8 Å². The molecule has 0 unspecified atom stereocenters. The number of hydrogen-bond acceptors (Lipinski definition) is 5. The van der Waals surface area contributed by atoms with Crippen molar-refractivity contribution >= 4 is 33.8 Å². The summed E-state index contributed by atoms with van der Waals surface area (Å²) in [7, 11) is -4.55. The fourth-order valence-electron chi connectivity index (χ4n) is 2.72. The van der Waals surface area contributed by atoms with Crippen molar-refractivity contribution in [3.63, 3.8) is 0 Å². The summed E-state index contributed by atoms with van der Waals surface area (Å²) >= 11 is 5.86. The van der Waals surface area contributed by atoms with Crippen molar-refractivity contribution in [3.8, 4) is 5.75 Å². The number of benzene rings is 3. The number of nitrogens with one attached hydrogen (secondary N) is 1. The second kappa shape index (κ2) is 10.2. The number of nitrogens with zero attached hydrogens (tertiary/aromatic N) is 1. The van der Waals surface area contributed by atoms with E-state index in [1.54, 1.807) is 24.3 Å². The maximum absolute atomic E-state index is 13.7. The van der Waals surface area contributed by atoms with Gasteiger partial charge in [-0.1, -0.05) is 23.7 Å². The number of amides is 1. The van der Waals surface area contributed by atoms with E-state index in [0.29, 0.717) is 22.7 Å². The Labute approximate surface area is 196 Å². The van der Waals surface area contributed by atoms with E-state index in [2.05, 4.69) is 10.5 Å². The third-order valence-corrected chi connectivity index (χ3v) is 5.77. The Morgan fingerprint density at radius 2 is 1.76 bits per heavy atom. The smallest absolute Gasteiger partial charge is 0.378 e. The Bertz CT molecular complexity index is 1330. The zero-order valence-electron chi connectivity index (χ0n) is 17.0. The molecule has 3 aromatic rings. The summed E-state index contributed by atoms with van der Waals surface area (Å²) in [6.45, 7) is 0. The van der Waals surface area contributed by atoms with Gasteiger partial charge in [0.05, 0.1) is 18.2 Å². The molecule has 1 N–H and O–H groups in total. The molecule has 0 aliphatic carbocycles. The molecule has 0 heterocycles. The third kappa shape index (κ3) is 6.78. The van der Waals surface area contributed by atoms with Crippen molar-refractivity contribution in [1.82, 2.24) is 5.43 Å². The zero-order valence-corrected chi connectivity index (χ0v) is 18.6. The van der Waals surface area contributed by atoms with E-state index in [1.807, 2.05) is 0 Å². The maximum Gasteiger partial charge on any atom is 0.416 e. The van der Waals surface area contributed by atoms with Crippen molar-refractivity contribution in [3.05, 3.63) is 94.3 Å². The van der Waals surface area contributed by atoms with E-state index in [0.717, 1.165) is 36.5 Å². The molecule has 3 aromatic carbocycles. The molecule has 6 nitrogen and oxygen atoms in total. The highest BCUT2D eigenvalue weighted by Gasteiger charge is 2.31. The van der Waals surface area contributed by atoms with E-state index < -0.39 is 38.5 Å². The highest BCUT2D eigenvalue weighted by atomic mass is 35.5. The molecular formula is C22H15ClF4N2O4S. The Hall–Kier alpha value is -3.44. The summed E-state index contributed by atoms with van der Waals surface area (Å²) in [6, 6.07) is 12.1. The van der Waals surface area contributed by atoms with Gasteiger partial charge >= 0.3 is 16.3 Å². The fourth-order valence-corrected chi connectivity index (χ4v) is 3.89. The Kier molecular flexibility index (Phi) is 7.57. The minimum atomic E-state index is -4.64. The van der Waals surface area contributed by atoms with Crippen LogP contribution in [0.1, 0.15) is 16.7 Å². The Morgan fingerprint density at radius 1 is 1.06 bits per heavy atom. The first kappa shape index (κ1) is 25.2. The summed E-state index contributed by atoms with van der Waals surface area (Å²) in [6.07, 6.45) is -3.72. The van der Waals surface area contributed by atoms with Gasteiger partial charge in [0.25, 0.3) is 0 Å². The Balaban J connectivity index is 1.74. The number of halogens is 5. The van der Waals surface area contributed by atoms with E-state index in [-0.39, 0.29) is 17.7 Å². The lowest BCUT2D eigenvalue weighted by atomic mass is 10.1. The molecule has 12 heteroatoms. The highest BCUT2D eigenvalue weighted by molar-refractivity contribution is 7.87. The molecule has 0 spiro atoms. The SMILES string of the molecule is O=C(Cc1cccc(Cl)c1)N/N=C/c1cc(F)ccc1OS(=O)(=O)c1ccc(C(F)(F)F)cc1. The first-order valence-electron chi connectivity index (χ1n) is 9.42. The van der Waals surface area contributed by atoms with Crippen LogP contribution in [0.5, 0.6) is 5.75 Å². The molecule has 0 saturated heterocycles. The van der Waals surface area contributed by atoms with E-state index in [9.17, 15) is 30.8 Å². The van der Waals surface area contributed by atoms with Crippen LogP contribution in [-0.4, -0.2) is 20.5 Å². The molecule has 1 amide bonds. The lowest BCUT2D eigenvalue weighted by molar-refractivity contribution is -0.137. The van der Waals surface area contributed by atoms with Gasteiger partial charge in [-0.15, -0.1) is 0 Å². The average molecular weight is 515 g/mol. The molecule has 0 radical (unpaired) electrons. The van der Waals surface area contributed by atoms with Crippen LogP contribution in [0.4, 0.5) is 17.6 Å². The molecule has 0 aliphatic heterocycles. The summed E-state index contributed by atoms with van der Waals surface area (Å²) in [5.74, 6) is -1.62. The average Bonchev–Trinajstić information content (AvgIpc) is 2.75. The molecule has 3 rings (SSSR count). The van der Waals surface area contributed by atoms with E-state index in [1.165, 1.54) is 0 Å². The quantitative estimate of drug-likeness (QED) is 0.209. The number of alkyl halides is 3. The summed E-state index contributed by atoms with van der Waals surface area (Å²) in [5.41, 5.74) is 1.66. The van der Waals surface area contributed by atoms with Crippen molar-refractivity contribution in [1.29, 1.82) is 0 Å². The molecule has 0 saturated carbocycles. The second-order valence-electron chi connectivity index (χ2n) is 6.84. The van der Waals surface area contributed by atoms with Gasteiger partial charge in [-0.25, -0.2) is 9.82 Å². The summed E-state index contributed by atoms with van der Waals surface area (Å²) < 4.78 is 81.8. The van der Waals surface area contributed by atoms with Crippen molar-refractivity contribution < 1.29 is 35.0 Å². The van der Waals surface area contributed by atoms with Gasteiger partial charge in [0, 0.05) is 10.6 Å². The van der Waals surface area contributed by atoms with Gasteiger partial charge in [0.15, 0.2) is 5.75 Å². The van der Waals surface area contributed by atoms with Crippen LogP contribution in [0.3, 0.4) is 0 Å². The molecule has 178 valence electrons. The minimum absolute atomic E-state index is 0.0489. The summed E-state index contributed by atoms with van der Waals surface area (Å²) in [4.78, 5) is 11.5. The third-order valence-electron chi connectivity index (χ3n) is 4.29. The number of hydrogen-bond donors (Lipinski definition) is 1. The van der Waals surface area contributed by atoms with Crippen molar-refractivity contribution in [2.45, 2.75) is 17.5 Å². The zero-order chi connectivity index (χ0) is 24.9. The van der Waals surface area contributed by atoms with Gasteiger partial charge < -0.3 is 4.18 Å². The largest absolute Gasteiger partial charge is 0.416 e. The van der Waals surface area contributed by atoms with Crippen molar-refractivity contribution in [2.24, 2.45) is 5.10 Å². The second-order valence-corrected chi connectivity index (χ2v) is 8.82. The van der Waals surface area contributed by atoms with Crippen LogP contribution >= 0.6 is 11.6 Å². The van der Waals surface area contributed by atoms with Gasteiger partial charge in [0.2, 0.25) is 5.91 Å². The van der Waals surface area contributed by atoms with Crippen LogP contribution in [-0.2, 0) is 27.5 Å². The maximum atomic E-state index is 13.7. The van der Waals surface area contributed by atoms with Crippen LogP contribution < -0.4 is 9.61 Å². The summed E-state index contributed by atoms with van der Waals surface area (Å²) in [5, 5.41) is 4.13. The fraction of sp³-hybridized carbons (Fsp3) is 0.0909. The number of rotatable bonds is 7. The van der Waals surface area contributed by atoms with Gasteiger partial charge in [0.1, 0.15) is 10.7 Å². The van der Waals surface area contributed by atoms with Crippen molar-refractivity contribution in [2.75, 3.05) is 0 Å². The van der Waals surface area contributed by atoms with Crippen LogP contribution in [0, 0.1) is 5.82 Å². The normalized spacial score (nSPS) is 12.0. The molecule has 0 atom stereocenters. The Morgan fingerprint density at radius 3 is 2.41 bits per heavy atom. The van der Waals surface area contributed by atoms with Crippen LogP contribution in [0.15, 0.2) is 76.7 Å². The monoisotopic (exact) mass is 514 g/mol. The first-order valence-corrected chi connectivity index (χ1v) is 11.2. The first-order chi connectivity index (χ1) is 15.9. The molecule has 0 fully saturated rings. The van der Waals surface area contributed by atoms with Gasteiger partial charge in [-0.05, 0) is 60.2 Å². The molecule has 0 bridgehead atoms. The lowest BCUT2D eigenvalue weighted by Crippen LogP contribution is -2.20. The number of hydrazone groups is 1. The van der Waals surface area contributed by atoms with Crippen LogP contribution in [0.2, 0.25) is 5.02 Å². The standard InChI is InChI=1S/C22H15ClF4N2O4S/c23-17-3-1-2-14(10-17)11-21(30)29-28-13-15-12-18(24)6-9-20(15)33-34(31,32)19-7-4-16(5-8-19)22(25,26)27/h1-10,12-13H,11H2,(H,29,30)/b28-13+. The predicted molar refractivity (Wildman–Crippen MR) is 117 cm³/mol. The molecule has 0 aliphatic rings. The van der Waals surface area contributed by atoms with Gasteiger partial charge in [-0.2, -0.15) is 26.7 Å². The number of carbonyl (C=O) groups excluding carboxylic acids is 1. The van der Waals surface area contributed by atoms with Gasteiger partial charge in [-0.3, -0.25) is 4.79 Å². The predicted octanol–water partition coefficient (Wildman–Crippen LogP) is 4.96. The minimum Gasteiger partial charge on any atom is -0.378 e. The van der Waals surface area contributed by atoms with Crippen LogP contribution in [0.25, 0.3) is 0 Å². The lowest BCUT2D eigenvalue weighted by Gasteiger charge is -2.11. The topological polar surface area (TPSA) is 84.8 Å².